The Balaban J connectivity index is 1.67. The lowest BCUT2D eigenvalue weighted by Crippen LogP contribution is -2.54. The van der Waals surface area contributed by atoms with Gasteiger partial charge in [0.1, 0.15) is 12.1 Å². The lowest BCUT2D eigenvalue weighted by molar-refractivity contribution is -0.140. The summed E-state index contributed by atoms with van der Waals surface area (Å²) in [6.45, 7) is 3.40. The highest BCUT2D eigenvalue weighted by molar-refractivity contribution is 6.09. The highest BCUT2D eigenvalue weighted by Crippen LogP contribution is 2.38. The maximum absolute atomic E-state index is 12.9. The van der Waals surface area contributed by atoms with Crippen molar-refractivity contribution in [3.63, 3.8) is 0 Å². The number of amides is 4. The number of likely N-dealkylation sites (tertiary alicyclic amines) is 1. The molecule has 0 aromatic carbocycles. The van der Waals surface area contributed by atoms with Crippen LogP contribution in [0.2, 0.25) is 0 Å². The minimum absolute atomic E-state index is 0.0964. The lowest BCUT2D eigenvalue weighted by atomic mass is 9.73. The minimum Gasteiger partial charge on any atom is -0.341 e. The molecule has 6 heteroatoms. The maximum atomic E-state index is 12.9. The quantitative estimate of drug-likeness (QED) is 0.787. The van der Waals surface area contributed by atoms with Gasteiger partial charge in [-0.3, -0.25) is 14.5 Å². The van der Waals surface area contributed by atoms with Crippen LogP contribution in [0.4, 0.5) is 4.79 Å². The van der Waals surface area contributed by atoms with Crippen LogP contribution in [0, 0.1) is 5.92 Å². The second-order valence-corrected chi connectivity index (χ2v) is 7.59. The van der Waals surface area contributed by atoms with Gasteiger partial charge >= 0.3 is 6.03 Å². The number of nitrogens with one attached hydrogen (secondary N) is 1. The summed E-state index contributed by atoms with van der Waals surface area (Å²) in [6.07, 6.45) is 9.21. The van der Waals surface area contributed by atoms with E-state index in [-0.39, 0.29) is 24.3 Å². The number of carbonyl (C=O) groups is 3. The van der Waals surface area contributed by atoms with Gasteiger partial charge in [0, 0.05) is 13.1 Å². The number of urea groups is 1. The number of hydrogen-bond donors (Lipinski definition) is 1. The van der Waals surface area contributed by atoms with Crippen LogP contribution in [0.1, 0.15) is 64.7 Å². The first-order chi connectivity index (χ1) is 11.5. The molecule has 0 bridgehead atoms. The number of nitrogens with zero attached hydrogens (tertiary/aromatic N) is 2. The molecule has 134 valence electrons. The zero-order valence-electron chi connectivity index (χ0n) is 14.7. The molecule has 0 radical (unpaired) electrons. The largest absolute Gasteiger partial charge is 0.341 e. The van der Waals surface area contributed by atoms with Crippen molar-refractivity contribution in [1.82, 2.24) is 15.1 Å². The van der Waals surface area contributed by atoms with E-state index in [1.807, 2.05) is 11.8 Å². The smallest absolute Gasteiger partial charge is 0.325 e. The summed E-state index contributed by atoms with van der Waals surface area (Å²) in [5, 5.41) is 2.92. The van der Waals surface area contributed by atoms with Gasteiger partial charge in [0.25, 0.3) is 5.91 Å². The van der Waals surface area contributed by atoms with Crippen LogP contribution in [0.25, 0.3) is 0 Å². The summed E-state index contributed by atoms with van der Waals surface area (Å²) >= 11 is 0. The molecule has 0 unspecified atom stereocenters. The molecule has 2 heterocycles. The van der Waals surface area contributed by atoms with Gasteiger partial charge in [-0.2, -0.15) is 0 Å². The van der Waals surface area contributed by atoms with Crippen LogP contribution in [0.5, 0.6) is 0 Å². The van der Waals surface area contributed by atoms with Gasteiger partial charge < -0.3 is 10.2 Å². The van der Waals surface area contributed by atoms with Crippen molar-refractivity contribution in [2.75, 3.05) is 19.6 Å². The summed E-state index contributed by atoms with van der Waals surface area (Å²) in [4.78, 5) is 40.9. The van der Waals surface area contributed by atoms with Gasteiger partial charge in [0.05, 0.1) is 0 Å². The molecular formula is C18H29N3O3. The van der Waals surface area contributed by atoms with Crippen molar-refractivity contribution in [3.05, 3.63) is 0 Å². The fourth-order valence-electron chi connectivity index (χ4n) is 4.37. The predicted molar refractivity (Wildman–Crippen MR) is 90.3 cm³/mol. The molecule has 0 aromatic rings. The van der Waals surface area contributed by atoms with Crippen LogP contribution >= 0.6 is 0 Å². The molecule has 3 aliphatic rings. The van der Waals surface area contributed by atoms with Crippen LogP contribution in [0.3, 0.4) is 0 Å². The van der Waals surface area contributed by atoms with E-state index >= 15 is 0 Å². The van der Waals surface area contributed by atoms with Gasteiger partial charge in [-0.25, -0.2) is 4.79 Å². The van der Waals surface area contributed by atoms with E-state index in [0.717, 1.165) is 62.9 Å². The van der Waals surface area contributed by atoms with E-state index < -0.39 is 11.6 Å². The molecule has 2 aliphatic heterocycles. The fraction of sp³-hybridized carbons (Fsp3) is 0.833. The summed E-state index contributed by atoms with van der Waals surface area (Å²) in [5.41, 5.74) is -0.772. The van der Waals surface area contributed by atoms with Crippen molar-refractivity contribution in [2.45, 2.75) is 70.3 Å². The lowest BCUT2D eigenvalue weighted by Gasteiger charge is -2.36. The van der Waals surface area contributed by atoms with Crippen molar-refractivity contribution < 1.29 is 14.4 Å². The predicted octanol–water partition coefficient (Wildman–Crippen LogP) is 2.28. The number of hydrogen-bond acceptors (Lipinski definition) is 3. The fourth-order valence-corrected chi connectivity index (χ4v) is 4.37. The molecule has 1 N–H and O–H groups in total. The first kappa shape index (κ1) is 17.2. The Bertz CT molecular complexity index is 514. The average molecular weight is 335 g/mol. The molecule has 2 atom stereocenters. The van der Waals surface area contributed by atoms with Crippen LogP contribution in [-0.2, 0) is 9.59 Å². The molecule has 1 aliphatic carbocycles. The molecule has 24 heavy (non-hydrogen) atoms. The van der Waals surface area contributed by atoms with Crippen LogP contribution < -0.4 is 5.32 Å². The van der Waals surface area contributed by atoms with Gasteiger partial charge in [-0.1, -0.05) is 39.0 Å². The van der Waals surface area contributed by atoms with Gasteiger partial charge in [0.15, 0.2) is 0 Å². The summed E-state index contributed by atoms with van der Waals surface area (Å²) < 4.78 is 0. The molecule has 3 rings (SSSR count). The molecule has 4 amide bonds. The summed E-state index contributed by atoms with van der Waals surface area (Å²) in [6, 6.07) is -0.394. The van der Waals surface area contributed by atoms with Crippen molar-refractivity contribution in [2.24, 2.45) is 5.92 Å². The van der Waals surface area contributed by atoms with Crippen molar-refractivity contribution in [1.29, 1.82) is 0 Å². The number of imide groups is 1. The Labute approximate surface area is 143 Å². The number of carbonyl (C=O) groups excluding carboxylic acids is 3. The van der Waals surface area contributed by atoms with Gasteiger partial charge in [0.2, 0.25) is 5.91 Å². The van der Waals surface area contributed by atoms with E-state index in [1.165, 1.54) is 6.42 Å². The topological polar surface area (TPSA) is 69.7 Å². The Kier molecular flexibility index (Phi) is 5.11. The van der Waals surface area contributed by atoms with E-state index in [1.54, 1.807) is 0 Å². The monoisotopic (exact) mass is 335 g/mol. The van der Waals surface area contributed by atoms with E-state index in [4.69, 9.17) is 0 Å². The zero-order valence-corrected chi connectivity index (χ0v) is 14.7. The van der Waals surface area contributed by atoms with Gasteiger partial charge in [-0.05, 0) is 31.6 Å². The Morgan fingerprint density at radius 2 is 1.75 bits per heavy atom. The van der Waals surface area contributed by atoms with E-state index in [2.05, 4.69) is 5.32 Å². The van der Waals surface area contributed by atoms with E-state index in [0.29, 0.717) is 6.42 Å². The van der Waals surface area contributed by atoms with Crippen LogP contribution in [-0.4, -0.2) is 52.8 Å². The standard InChI is InChI=1S/C18H29N3O3/c1-14-9-5-6-10-18(14)16(23)21(17(24)19-18)13-15(22)20-11-7-3-2-4-8-12-20/h14H,2-13H2,1H3,(H,19,24)/t14-,18-/m0/s1. The van der Waals surface area contributed by atoms with Crippen molar-refractivity contribution in [3.8, 4) is 0 Å². The SMILES string of the molecule is C[C@H]1CCCC[C@]12NC(=O)N(CC(=O)N1CCCCCCC1)C2=O. The average Bonchev–Trinajstić information content (AvgIpc) is 2.75. The van der Waals surface area contributed by atoms with Crippen LogP contribution in [0.15, 0.2) is 0 Å². The molecule has 1 saturated carbocycles. The third-order valence-electron chi connectivity index (χ3n) is 6.00. The normalized spacial score (nSPS) is 31.8. The highest BCUT2D eigenvalue weighted by atomic mass is 16.2. The second-order valence-electron chi connectivity index (χ2n) is 7.59. The Hall–Kier alpha value is -1.59. The summed E-state index contributed by atoms with van der Waals surface area (Å²) in [7, 11) is 0. The summed E-state index contributed by atoms with van der Waals surface area (Å²) in [5.74, 6) is -0.162. The zero-order chi connectivity index (χ0) is 17.2. The number of rotatable bonds is 2. The van der Waals surface area contributed by atoms with E-state index in [9.17, 15) is 14.4 Å². The highest BCUT2D eigenvalue weighted by Gasteiger charge is 2.55. The second kappa shape index (κ2) is 7.11. The van der Waals surface area contributed by atoms with Gasteiger partial charge in [-0.15, -0.1) is 0 Å². The minimum atomic E-state index is -0.772. The third kappa shape index (κ3) is 3.15. The molecule has 0 aromatic heterocycles. The Morgan fingerprint density at radius 3 is 2.42 bits per heavy atom. The Morgan fingerprint density at radius 1 is 1.08 bits per heavy atom. The third-order valence-corrected chi connectivity index (χ3v) is 6.00. The first-order valence-corrected chi connectivity index (χ1v) is 9.46. The molecule has 6 nitrogen and oxygen atoms in total. The molecule has 2 saturated heterocycles. The molecule has 3 fully saturated rings. The molecular weight excluding hydrogens is 306 g/mol. The maximum Gasteiger partial charge on any atom is 0.325 e. The first-order valence-electron chi connectivity index (χ1n) is 9.46. The molecule has 1 spiro atoms. The van der Waals surface area contributed by atoms with Crippen molar-refractivity contribution >= 4 is 17.8 Å².